The van der Waals surface area contributed by atoms with Crippen LogP contribution in [0.15, 0.2) is 52.7 Å². The Kier molecular flexibility index (Phi) is 5.27. The molecule has 1 amide bonds. The molecule has 1 fully saturated rings. The molecular weight excluding hydrogens is 358 g/mol. The molecule has 1 atom stereocenters. The molecule has 1 aromatic carbocycles. The van der Waals surface area contributed by atoms with Gasteiger partial charge in [-0.3, -0.25) is 4.79 Å². The molecule has 0 aliphatic heterocycles. The minimum atomic E-state index is -3.48. The van der Waals surface area contributed by atoms with Crippen LogP contribution >= 0.6 is 11.3 Å². The standard InChI is InChI=1S/C18H21NO4S2/c20-17(10-12-25(22,23)15-5-2-1-3-6-15)19-13-18(21,14-8-9-14)16-7-4-11-24-16/h1-7,11,14,21H,8-10,12-13H2,(H,19,20)/t18-/m0/s1. The predicted octanol–water partition coefficient (Wildman–Crippen LogP) is 2.33. The van der Waals surface area contributed by atoms with Crippen molar-refractivity contribution in [1.29, 1.82) is 0 Å². The summed E-state index contributed by atoms with van der Waals surface area (Å²) in [4.78, 5) is 13.2. The highest BCUT2D eigenvalue weighted by Crippen LogP contribution is 2.46. The second-order valence-corrected chi connectivity index (χ2v) is 9.39. The van der Waals surface area contributed by atoms with Crippen LogP contribution in [0.2, 0.25) is 0 Å². The Hall–Kier alpha value is -1.70. The van der Waals surface area contributed by atoms with Crippen molar-refractivity contribution in [3.8, 4) is 0 Å². The maximum absolute atomic E-state index is 12.2. The molecule has 0 radical (unpaired) electrons. The number of thiophene rings is 1. The first-order valence-electron chi connectivity index (χ1n) is 8.23. The number of sulfone groups is 1. The Morgan fingerprint density at radius 1 is 1.20 bits per heavy atom. The molecule has 3 rings (SSSR count). The lowest BCUT2D eigenvalue weighted by molar-refractivity contribution is -0.122. The molecule has 7 heteroatoms. The van der Waals surface area contributed by atoms with Crippen LogP contribution in [0.1, 0.15) is 24.1 Å². The van der Waals surface area contributed by atoms with Crippen molar-refractivity contribution in [2.24, 2.45) is 5.92 Å². The molecular formula is C18H21NO4S2. The maximum Gasteiger partial charge on any atom is 0.221 e. The molecule has 2 aromatic rings. The van der Waals surface area contributed by atoms with Gasteiger partial charge in [0.25, 0.3) is 0 Å². The normalized spacial score (nSPS) is 17.0. The van der Waals surface area contributed by atoms with Gasteiger partial charge in [-0.2, -0.15) is 0 Å². The molecule has 1 aromatic heterocycles. The number of hydrogen-bond acceptors (Lipinski definition) is 5. The van der Waals surface area contributed by atoms with Crippen LogP contribution in [0.5, 0.6) is 0 Å². The molecule has 0 unspecified atom stereocenters. The number of hydrogen-bond donors (Lipinski definition) is 2. The molecule has 1 aliphatic carbocycles. The van der Waals surface area contributed by atoms with E-state index in [2.05, 4.69) is 5.32 Å². The quantitative estimate of drug-likeness (QED) is 0.737. The first kappa shape index (κ1) is 18.1. The minimum Gasteiger partial charge on any atom is -0.382 e. The summed E-state index contributed by atoms with van der Waals surface area (Å²) in [7, 11) is -3.48. The summed E-state index contributed by atoms with van der Waals surface area (Å²) in [6.45, 7) is 0.113. The summed E-state index contributed by atoms with van der Waals surface area (Å²) in [6.07, 6.45) is 1.75. The van der Waals surface area contributed by atoms with Crippen molar-refractivity contribution < 1.29 is 18.3 Å². The Morgan fingerprint density at radius 2 is 1.92 bits per heavy atom. The third-order valence-electron chi connectivity index (χ3n) is 4.46. The first-order valence-corrected chi connectivity index (χ1v) is 10.8. The van der Waals surface area contributed by atoms with Crippen molar-refractivity contribution in [2.45, 2.75) is 29.8 Å². The van der Waals surface area contributed by atoms with Crippen LogP contribution in [-0.2, 0) is 20.2 Å². The molecule has 0 bridgehead atoms. The average molecular weight is 380 g/mol. The van der Waals surface area contributed by atoms with E-state index in [0.29, 0.717) is 0 Å². The Labute approximate surface area is 151 Å². The van der Waals surface area contributed by atoms with E-state index < -0.39 is 15.4 Å². The topological polar surface area (TPSA) is 83.5 Å². The second kappa shape index (κ2) is 7.27. The number of amides is 1. The number of carbonyl (C=O) groups excluding carboxylic acids is 1. The van der Waals surface area contributed by atoms with E-state index >= 15 is 0 Å². The van der Waals surface area contributed by atoms with E-state index in [-0.39, 0.29) is 35.4 Å². The molecule has 1 heterocycles. The van der Waals surface area contributed by atoms with Gasteiger partial charge in [-0.15, -0.1) is 11.3 Å². The van der Waals surface area contributed by atoms with Crippen LogP contribution in [0.4, 0.5) is 0 Å². The lowest BCUT2D eigenvalue weighted by atomic mass is 9.95. The van der Waals surface area contributed by atoms with Gasteiger partial charge in [0.05, 0.1) is 17.2 Å². The van der Waals surface area contributed by atoms with Crippen LogP contribution in [0, 0.1) is 5.92 Å². The average Bonchev–Trinajstić information content (AvgIpc) is 3.33. The van der Waals surface area contributed by atoms with Gasteiger partial charge in [-0.25, -0.2) is 8.42 Å². The van der Waals surface area contributed by atoms with Gasteiger partial charge in [-0.05, 0) is 42.3 Å². The monoisotopic (exact) mass is 379 g/mol. The third kappa shape index (κ3) is 4.29. The summed E-state index contributed by atoms with van der Waals surface area (Å²) < 4.78 is 24.4. The van der Waals surface area contributed by atoms with Gasteiger partial charge in [-0.1, -0.05) is 24.3 Å². The maximum atomic E-state index is 12.2. The highest BCUT2D eigenvalue weighted by atomic mass is 32.2. The van der Waals surface area contributed by atoms with E-state index in [4.69, 9.17) is 0 Å². The smallest absolute Gasteiger partial charge is 0.221 e. The molecule has 0 saturated heterocycles. The number of rotatable bonds is 8. The van der Waals surface area contributed by atoms with Crippen LogP contribution in [-0.4, -0.2) is 31.7 Å². The first-order chi connectivity index (χ1) is 11.9. The minimum absolute atomic E-state index is 0.113. The number of aliphatic hydroxyl groups is 1. The molecule has 1 saturated carbocycles. The van der Waals surface area contributed by atoms with Gasteiger partial charge in [0.15, 0.2) is 9.84 Å². The van der Waals surface area contributed by atoms with Gasteiger partial charge < -0.3 is 10.4 Å². The van der Waals surface area contributed by atoms with Crippen LogP contribution in [0.3, 0.4) is 0 Å². The zero-order valence-electron chi connectivity index (χ0n) is 13.7. The second-order valence-electron chi connectivity index (χ2n) is 6.33. The summed E-state index contributed by atoms with van der Waals surface area (Å²) >= 11 is 1.47. The van der Waals surface area contributed by atoms with Crippen molar-refractivity contribution in [2.75, 3.05) is 12.3 Å². The summed E-state index contributed by atoms with van der Waals surface area (Å²) in [5, 5.41) is 15.6. The van der Waals surface area contributed by atoms with E-state index in [1.165, 1.54) is 23.5 Å². The number of benzene rings is 1. The largest absolute Gasteiger partial charge is 0.382 e. The molecule has 2 N–H and O–H groups in total. The molecule has 5 nitrogen and oxygen atoms in total. The van der Waals surface area contributed by atoms with Crippen molar-refractivity contribution in [3.63, 3.8) is 0 Å². The van der Waals surface area contributed by atoms with E-state index in [0.717, 1.165) is 17.7 Å². The van der Waals surface area contributed by atoms with Crippen LogP contribution < -0.4 is 5.32 Å². The molecule has 0 spiro atoms. The Bertz CT molecular complexity index is 814. The van der Waals surface area contributed by atoms with Gasteiger partial charge in [0.2, 0.25) is 5.91 Å². The Morgan fingerprint density at radius 3 is 2.52 bits per heavy atom. The van der Waals surface area contributed by atoms with Gasteiger partial charge >= 0.3 is 0 Å². The van der Waals surface area contributed by atoms with Crippen molar-refractivity contribution in [1.82, 2.24) is 5.32 Å². The van der Waals surface area contributed by atoms with Crippen molar-refractivity contribution in [3.05, 3.63) is 52.7 Å². The fourth-order valence-electron chi connectivity index (χ4n) is 2.81. The van der Waals surface area contributed by atoms with E-state index in [9.17, 15) is 18.3 Å². The van der Waals surface area contributed by atoms with E-state index in [1.807, 2.05) is 17.5 Å². The molecule has 25 heavy (non-hydrogen) atoms. The number of nitrogens with one attached hydrogen (secondary N) is 1. The van der Waals surface area contributed by atoms with Gasteiger partial charge in [0.1, 0.15) is 5.60 Å². The van der Waals surface area contributed by atoms with Crippen LogP contribution in [0.25, 0.3) is 0 Å². The lowest BCUT2D eigenvalue weighted by Crippen LogP contribution is -2.42. The van der Waals surface area contributed by atoms with Gasteiger partial charge in [0, 0.05) is 11.3 Å². The number of carbonyl (C=O) groups is 1. The highest BCUT2D eigenvalue weighted by molar-refractivity contribution is 7.91. The van der Waals surface area contributed by atoms with Crippen molar-refractivity contribution >= 4 is 27.1 Å². The van der Waals surface area contributed by atoms with E-state index in [1.54, 1.807) is 18.2 Å². The lowest BCUT2D eigenvalue weighted by Gasteiger charge is -2.27. The fraction of sp³-hybridized carbons (Fsp3) is 0.389. The SMILES string of the molecule is O=C(CCS(=O)(=O)c1ccccc1)NC[C@@](O)(c1cccs1)C1CC1. The third-order valence-corrected chi connectivity index (χ3v) is 7.22. The predicted molar refractivity (Wildman–Crippen MR) is 97.1 cm³/mol. The highest BCUT2D eigenvalue weighted by Gasteiger charge is 2.45. The zero-order chi connectivity index (χ0) is 17.9. The summed E-state index contributed by atoms with van der Waals surface area (Å²) in [5.74, 6) is -0.460. The Balaban J connectivity index is 1.56. The summed E-state index contributed by atoms with van der Waals surface area (Å²) in [6, 6.07) is 11.9. The zero-order valence-corrected chi connectivity index (χ0v) is 15.4. The molecule has 134 valence electrons. The summed E-state index contributed by atoms with van der Waals surface area (Å²) in [5.41, 5.74) is -1.05. The molecule has 1 aliphatic rings. The fourth-order valence-corrected chi connectivity index (χ4v) is 4.98.